The average Bonchev–Trinajstić information content (AvgIpc) is 3.01. The molecule has 0 bridgehead atoms. The quantitative estimate of drug-likeness (QED) is 0.753. The minimum Gasteiger partial charge on any atom is -0.491 e. The summed E-state index contributed by atoms with van der Waals surface area (Å²) in [6.07, 6.45) is 1.01. The van der Waals surface area contributed by atoms with E-state index >= 15 is 0 Å². The van der Waals surface area contributed by atoms with Crippen LogP contribution in [0.25, 0.3) is 0 Å². The number of para-hydroxylation sites is 1. The molecule has 1 unspecified atom stereocenters. The SMILES string of the molecule is CN(C(=O)COCCOc1ccccc1)C1CCNC1. The molecule has 1 fully saturated rings. The van der Waals surface area contributed by atoms with Crippen LogP contribution in [0.4, 0.5) is 0 Å². The van der Waals surface area contributed by atoms with Gasteiger partial charge in [0.2, 0.25) is 5.91 Å². The molecule has 20 heavy (non-hydrogen) atoms. The number of hydrogen-bond acceptors (Lipinski definition) is 4. The molecule has 2 rings (SSSR count). The molecule has 1 N–H and O–H groups in total. The zero-order chi connectivity index (χ0) is 14.2. The highest BCUT2D eigenvalue weighted by atomic mass is 16.5. The summed E-state index contributed by atoms with van der Waals surface area (Å²) in [6.45, 7) is 2.84. The van der Waals surface area contributed by atoms with Gasteiger partial charge in [0.05, 0.1) is 6.61 Å². The highest BCUT2D eigenvalue weighted by Crippen LogP contribution is 2.08. The number of hydrogen-bond donors (Lipinski definition) is 1. The molecule has 0 saturated carbocycles. The van der Waals surface area contributed by atoms with E-state index in [0.717, 1.165) is 25.3 Å². The number of amides is 1. The Labute approximate surface area is 119 Å². The van der Waals surface area contributed by atoms with E-state index in [0.29, 0.717) is 19.3 Å². The molecule has 1 aliphatic rings. The summed E-state index contributed by atoms with van der Waals surface area (Å²) in [5.41, 5.74) is 0. The van der Waals surface area contributed by atoms with Crippen molar-refractivity contribution in [3.63, 3.8) is 0 Å². The van der Waals surface area contributed by atoms with Gasteiger partial charge in [-0.25, -0.2) is 0 Å². The van der Waals surface area contributed by atoms with Crippen molar-refractivity contribution in [3.8, 4) is 5.75 Å². The van der Waals surface area contributed by atoms with E-state index in [1.807, 2.05) is 37.4 Å². The second-order valence-electron chi connectivity index (χ2n) is 4.87. The average molecular weight is 278 g/mol. The van der Waals surface area contributed by atoms with Crippen molar-refractivity contribution in [1.82, 2.24) is 10.2 Å². The molecule has 0 spiro atoms. The Kier molecular flexibility index (Phi) is 5.83. The van der Waals surface area contributed by atoms with Gasteiger partial charge in [-0.3, -0.25) is 4.79 Å². The lowest BCUT2D eigenvalue weighted by Gasteiger charge is -2.23. The first-order chi connectivity index (χ1) is 9.77. The largest absolute Gasteiger partial charge is 0.491 e. The summed E-state index contributed by atoms with van der Waals surface area (Å²) in [5, 5.41) is 3.25. The minimum atomic E-state index is 0.0263. The Morgan fingerprint density at radius 2 is 2.15 bits per heavy atom. The Bertz CT molecular complexity index is 405. The van der Waals surface area contributed by atoms with E-state index in [-0.39, 0.29) is 12.5 Å². The number of rotatable bonds is 7. The second kappa shape index (κ2) is 7.87. The van der Waals surface area contributed by atoms with E-state index in [4.69, 9.17) is 9.47 Å². The molecule has 0 aromatic heterocycles. The smallest absolute Gasteiger partial charge is 0.248 e. The zero-order valence-corrected chi connectivity index (χ0v) is 11.9. The summed E-state index contributed by atoms with van der Waals surface area (Å²) < 4.78 is 10.8. The molecule has 1 aromatic carbocycles. The maximum atomic E-state index is 11.9. The van der Waals surface area contributed by atoms with Crippen LogP contribution >= 0.6 is 0 Å². The maximum Gasteiger partial charge on any atom is 0.248 e. The molecule has 1 amide bonds. The molecule has 5 heteroatoms. The van der Waals surface area contributed by atoms with Crippen LogP contribution in [0.1, 0.15) is 6.42 Å². The number of carbonyl (C=O) groups is 1. The Morgan fingerprint density at radius 1 is 1.35 bits per heavy atom. The first-order valence-corrected chi connectivity index (χ1v) is 6.99. The Hall–Kier alpha value is -1.59. The number of likely N-dealkylation sites (N-methyl/N-ethyl adjacent to an activating group) is 1. The standard InChI is InChI=1S/C15H22N2O3/c1-17(13-7-8-16-11-13)15(18)12-19-9-10-20-14-5-3-2-4-6-14/h2-6,13,16H,7-12H2,1H3. The van der Waals surface area contributed by atoms with Crippen molar-refractivity contribution in [2.45, 2.75) is 12.5 Å². The van der Waals surface area contributed by atoms with Gasteiger partial charge in [-0.1, -0.05) is 18.2 Å². The van der Waals surface area contributed by atoms with Crippen LogP contribution in [0, 0.1) is 0 Å². The highest BCUT2D eigenvalue weighted by Gasteiger charge is 2.22. The topological polar surface area (TPSA) is 50.8 Å². The van der Waals surface area contributed by atoms with Gasteiger partial charge < -0.3 is 19.7 Å². The first kappa shape index (κ1) is 14.8. The molecule has 1 heterocycles. The van der Waals surface area contributed by atoms with E-state index in [9.17, 15) is 4.79 Å². The van der Waals surface area contributed by atoms with E-state index < -0.39 is 0 Å². The van der Waals surface area contributed by atoms with Gasteiger partial charge in [0.25, 0.3) is 0 Å². The fourth-order valence-electron chi connectivity index (χ4n) is 2.17. The van der Waals surface area contributed by atoms with Gasteiger partial charge in [-0.15, -0.1) is 0 Å². The van der Waals surface area contributed by atoms with Crippen molar-refractivity contribution in [2.75, 3.05) is 40.0 Å². The lowest BCUT2D eigenvalue weighted by Crippen LogP contribution is -2.40. The molecular formula is C15H22N2O3. The fourth-order valence-corrected chi connectivity index (χ4v) is 2.17. The van der Waals surface area contributed by atoms with Crippen LogP contribution in [-0.2, 0) is 9.53 Å². The summed E-state index contributed by atoms with van der Waals surface area (Å²) in [4.78, 5) is 13.7. The first-order valence-electron chi connectivity index (χ1n) is 6.99. The molecule has 110 valence electrons. The van der Waals surface area contributed by atoms with Gasteiger partial charge in [0.15, 0.2) is 0 Å². The summed E-state index contributed by atoms with van der Waals surface area (Å²) in [7, 11) is 1.84. The normalized spacial score (nSPS) is 17.9. The van der Waals surface area contributed by atoms with E-state index in [1.54, 1.807) is 4.90 Å². The summed E-state index contributed by atoms with van der Waals surface area (Å²) in [6, 6.07) is 9.87. The number of ether oxygens (including phenoxy) is 2. The molecule has 0 radical (unpaired) electrons. The van der Waals surface area contributed by atoms with Crippen molar-refractivity contribution in [3.05, 3.63) is 30.3 Å². The van der Waals surface area contributed by atoms with E-state index in [2.05, 4.69) is 5.32 Å². The predicted octanol–water partition coefficient (Wildman–Crippen LogP) is 0.902. The van der Waals surface area contributed by atoms with Crippen LogP contribution < -0.4 is 10.1 Å². The van der Waals surface area contributed by atoms with Gasteiger partial charge in [0.1, 0.15) is 19.0 Å². The molecule has 1 aromatic rings. The monoisotopic (exact) mass is 278 g/mol. The highest BCUT2D eigenvalue weighted by molar-refractivity contribution is 5.77. The van der Waals surface area contributed by atoms with Gasteiger partial charge >= 0.3 is 0 Å². The van der Waals surface area contributed by atoms with Gasteiger partial charge in [-0.2, -0.15) is 0 Å². The lowest BCUT2D eigenvalue weighted by molar-refractivity contribution is -0.136. The van der Waals surface area contributed by atoms with Crippen LogP contribution in [0.3, 0.4) is 0 Å². The third kappa shape index (κ3) is 4.51. The Morgan fingerprint density at radius 3 is 2.85 bits per heavy atom. The number of nitrogens with zero attached hydrogens (tertiary/aromatic N) is 1. The molecule has 1 saturated heterocycles. The van der Waals surface area contributed by atoms with Crippen LogP contribution in [-0.4, -0.2) is 56.8 Å². The van der Waals surface area contributed by atoms with Crippen LogP contribution in [0.5, 0.6) is 5.75 Å². The van der Waals surface area contributed by atoms with Crippen molar-refractivity contribution in [2.24, 2.45) is 0 Å². The molecule has 5 nitrogen and oxygen atoms in total. The maximum absolute atomic E-state index is 11.9. The van der Waals surface area contributed by atoms with Gasteiger partial charge in [-0.05, 0) is 25.1 Å². The molecule has 1 atom stereocenters. The summed E-state index contributed by atoms with van der Waals surface area (Å²) >= 11 is 0. The fraction of sp³-hybridized carbons (Fsp3) is 0.533. The summed E-state index contributed by atoms with van der Waals surface area (Å²) in [5.74, 6) is 0.843. The zero-order valence-electron chi connectivity index (χ0n) is 11.9. The predicted molar refractivity (Wildman–Crippen MR) is 76.8 cm³/mol. The second-order valence-corrected chi connectivity index (χ2v) is 4.87. The van der Waals surface area contributed by atoms with Crippen molar-refractivity contribution < 1.29 is 14.3 Å². The number of carbonyl (C=O) groups excluding carboxylic acids is 1. The van der Waals surface area contributed by atoms with E-state index in [1.165, 1.54) is 0 Å². The number of nitrogens with one attached hydrogen (secondary N) is 1. The van der Waals surface area contributed by atoms with Crippen LogP contribution in [0.2, 0.25) is 0 Å². The number of benzene rings is 1. The van der Waals surface area contributed by atoms with Crippen molar-refractivity contribution >= 4 is 5.91 Å². The third-order valence-electron chi connectivity index (χ3n) is 3.44. The molecular weight excluding hydrogens is 256 g/mol. The molecule has 1 aliphatic heterocycles. The lowest BCUT2D eigenvalue weighted by atomic mass is 10.2. The molecule has 0 aliphatic carbocycles. The Balaban J connectivity index is 1.57. The van der Waals surface area contributed by atoms with Gasteiger partial charge in [0, 0.05) is 19.6 Å². The van der Waals surface area contributed by atoms with Crippen LogP contribution in [0.15, 0.2) is 30.3 Å². The van der Waals surface area contributed by atoms with Crippen molar-refractivity contribution in [1.29, 1.82) is 0 Å². The third-order valence-corrected chi connectivity index (χ3v) is 3.44. The minimum absolute atomic E-state index is 0.0263.